The van der Waals surface area contributed by atoms with Crippen LogP contribution in [0.2, 0.25) is 0 Å². The summed E-state index contributed by atoms with van der Waals surface area (Å²) in [6.07, 6.45) is 8.68. The number of sulfonamides is 1. The molecule has 5 rings (SSSR count). The Morgan fingerprint density at radius 1 is 1.12 bits per heavy atom. The first-order chi connectivity index (χ1) is 15.3. The molecule has 0 radical (unpaired) electrons. The number of carbonyl (C=O) groups excluding carboxylic acids is 1. The first kappa shape index (κ1) is 21.1. The normalized spacial score (nSPS) is 18.6. The number of hydrogen-bond donors (Lipinski definition) is 0. The Hall–Kier alpha value is -2.72. The lowest BCUT2D eigenvalue weighted by molar-refractivity contribution is 0.0794. The molecule has 5 heterocycles. The van der Waals surface area contributed by atoms with Crippen LogP contribution >= 0.6 is 0 Å². The Labute approximate surface area is 187 Å². The Balaban J connectivity index is 1.33. The van der Waals surface area contributed by atoms with Gasteiger partial charge in [0.25, 0.3) is 15.9 Å². The minimum Gasteiger partial charge on any atom is -0.339 e. The summed E-state index contributed by atoms with van der Waals surface area (Å²) in [5.41, 5.74) is 2.58. The average molecular weight is 457 g/mol. The molecular weight excluding hydrogens is 428 g/mol. The molecule has 3 aromatic rings. The van der Waals surface area contributed by atoms with Gasteiger partial charge in [-0.25, -0.2) is 17.9 Å². The van der Waals surface area contributed by atoms with E-state index in [0.717, 1.165) is 49.9 Å². The van der Waals surface area contributed by atoms with E-state index < -0.39 is 10.0 Å². The number of rotatable bonds is 4. The molecule has 0 unspecified atom stereocenters. The number of likely N-dealkylation sites (tertiary alicyclic amines) is 1. The van der Waals surface area contributed by atoms with Crippen molar-refractivity contribution in [3.05, 3.63) is 47.7 Å². The summed E-state index contributed by atoms with van der Waals surface area (Å²) < 4.78 is 31.0. The third-order valence-electron chi connectivity index (χ3n) is 6.79. The van der Waals surface area contributed by atoms with Crippen molar-refractivity contribution in [1.82, 2.24) is 28.4 Å². The highest BCUT2D eigenvalue weighted by Gasteiger charge is 2.32. The van der Waals surface area contributed by atoms with Crippen molar-refractivity contribution in [1.29, 1.82) is 0 Å². The van der Waals surface area contributed by atoms with E-state index in [9.17, 15) is 13.2 Å². The fourth-order valence-corrected chi connectivity index (χ4v) is 6.21. The number of pyridine rings is 1. The maximum Gasteiger partial charge on any atom is 0.262 e. The minimum atomic E-state index is -3.59. The van der Waals surface area contributed by atoms with Crippen molar-refractivity contribution in [3.8, 4) is 0 Å². The van der Waals surface area contributed by atoms with Crippen molar-refractivity contribution >= 4 is 21.4 Å². The molecule has 10 heteroatoms. The Bertz CT molecular complexity index is 1240. The van der Waals surface area contributed by atoms with E-state index in [1.807, 2.05) is 23.2 Å². The number of fused-ring (bicyclic) bond motifs is 1. The molecule has 3 aromatic heterocycles. The molecule has 0 aromatic carbocycles. The number of nitrogens with zero attached hydrogens (tertiary/aromatic N) is 6. The summed E-state index contributed by atoms with van der Waals surface area (Å²) in [4.78, 5) is 19.0. The highest BCUT2D eigenvalue weighted by Crippen LogP contribution is 2.32. The summed E-state index contributed by atoms with van der Waals surface area (Å²) in [5.74, 6) is 0.953. The van der Waals surface area contributed by atoms with Gasteiger partial charge in [-0.15, -0.1) is 0 Å². The van der Waals surface area contributed by atoms with Crippen LogP contribution in [0, 0.1) is 6.92 Å². The second-order valence-corrected chi connectivity index (χ2v) is 10.6. The summed E-state index contributed by atoms with van der Waals surface area (Å²) in [5, 5.41) is 4.47. The molecule has 170 valence electrons. The molecule has 2 fully saturated rings. The topological polar surface area (TPSA) is 92.8 Å². The monoisotopic (exact) mass is 456 g/mol. The van der Waals surface area contributed by atoms with Crippen LogP contribution in [-0.4, -0.2) is 68.9 Å². The van der Waals surface area contributed by atoms with Crippen LogP contribution in [0.25, 0.3) is 5.52 Å². The third-order valence-corrected chi connectivity index (χ3v) is 8.56. The Morgan fingerprint density at radius 2 is 1.84 bits per heavy atom. The number of aromatic nitrogens is 4. The van der Waals surface area contributed by atoms with Crippen molar-refractivity contribution in [2.45, 2.75) is 43.6 Å². The molecule has 2 saturated heterocycles. The lowest BCUT2D eigenvalue weighted by Crippen LogP contribution is -2.38. The van der Waals surface area contributed by atoms with Crippen LogP contribution < -0.4 is 0 Å². The van der Waals surface area contributed by atoms with Gasteiger partial charge in [-0.3, -0.25) is 4.79 Å². The molecule has 9 nitrogen and oxygen atoms in total. The van der Waals surface area contributed by atoms with Gasteiger partial charge in [-0.1, -0.05) is 0 Å². The molecule has 1 amide bonds. The second kappa shape index (κ2) is 8.00. The average Bonchev–Trinajstić information content (AvgIpc) is 3.54. The Kier molecular flexibility index (Phi) is 5.29. The van der Waals surface area contributed by atoms with Gasteiger partial charge in [-0.2, -0.15) is 9.40 Å². The number of hydrogen-bond acceptors (Lipinski definition) is 5. The molecule has 0 bridgehead atoms. The van der Waals surface area contributed by atoms with Gasteiger partial charge >= 0.3 is 0 Å². The van der Waals surface area contributed by atoms with Crippen LogP contribution in [0.1, 0.15) is 53.3 Å². The van der Waals surface area contributed by atoms with E-state index in [0.29, 0.717) is 24.5 Å². The fraction of sp³-hybridized carbons (Fsp3) is 0.500. The van der Waals surface area contributed by atoms with Crippen molar-refractivity contribution in [2.24, 2.45) is 7.05 Å². The molecule has 2 aliphatic rings. The van der Waals surface area contributed by atoms with Crippen LogP contribution in [0.3, 0.4) is 0 Å². The summed E-state index contributed by atoms with van der Waals surface area (Å²) in [6, 6.07) is 4.08. The van der Waals surface area contributed by atoms with Gasteiger partial charge in [-0.05, 0) is 56.2 Å². The quantitative estimate of drug-likeness (QED) is 0.600. The predicted octanol–water partition coefficient (Wildman–Crippen LogP) is 2.18. The SMILES string of the molecule is Cc1nc(S(=O)(=O)N2CCC(c3ccn4ncc(C(=O)N5CCCC5)c4c3)CC2)cn1C. The molecule has 0 N–H and O–H groups in total. The minimum absolute atomic E-state index is 0.0428. The van der Waals surface area contributed by atoms with E-state index in [1.165, 1.54) is 4.31 Å². The van der Waals surface area contributed by atoms with Crippen LogP contribution in [0.15, 0.2) is 35.7 Å². The summed E-state index contributed by atoms with van der Waals surface area (Å²) in [6.45, 7) is 4.30. The summed E-state index contributed by atoms with van der Waals surface area (Å²) in [7, 11) is -1.79. The molecule has 0 spiro atoms. The number of imidazole rings is 1. The largest absolute Gasteiger partial charge is 0.339 e. The predicted molar refractivity (Wildman–Crippen MR) is 119 cm³/mol. The smallest absolute Gasteiger partial charge is 0.262 e. The summed E-state index contributed by atoms with van der Waals surface area (Å²) >= 11 is 0. The molecule has 32 heavy (non-hydrogen) atoms. The van der Waals surface area contributed by atoms with E-state index in [4.69, 9.17) is 0 Å². The van der Waals surface area contributed by atoms with Crippen LogP contribution in [-0.2, 0) is 17.1 Å². The zero-order valence-electron chi connectivity index (χ0n) is 18.4. The maximum absolute atomic E-state index is 13.0. The standard InChI is InChI=1S/C22H28N6O3S/c1-16-24-21(15-25(16)2)32(30,31)27-10-5-17(6-11-27)18-7-12-28-20(13-18)19(14-23-28)22(29)26-8-3-4-9-26/h7,12-15,17H,3-6,8-11H2,1-2H3. The molecule has 0 aliphatic carbocycles. The van der Waals surface area contributed by atoms with Gasteiger partial charge < -0.3 is 9.47 Å². The van der Waals surface area contributed by atoms with Crippen LogP contribution in [0.5, 0.6) is 0 Å². The molecule has 0 saturated carbocycles. The van der Waals surface area contributed by atoms with Gasteiger partial charge in [0.15, 0.2) is 5.03 Å². The van der Waals surface area contributed by atoms with E-state index in [2.05, 4.69) is 10.1 Å². The lowest BCUT2D eigenvalue weighted by Gasteiger charge is -2.31. The van der Waals surface area contributed by atoms with Crippen LogP contribution in [0.4, 0.5) is 0 Å². The molecule has 2 aliphatic heterocycles. The van der Waals surface area contributed by atoms with Gasteiger partial charge in [0.1, 0.15) is 5.82 Å². The maximum atomic E-state index is 13.0. The fourth-order valence-electron chi connectivity index (χ4n) is 4.72. The van der Waals surface area contributed by atoms with E-state index in [1.54, 1.807) is 35.4 Å². The zero-order chi connectivity index (χ0) is 22.5. The van der Waals surface area contributed by atoms with Gasteiger partial charge in [0.05, 0.1) is 17.3 Å². The number of carbonyl (C=O) groups is 1. The first-order valence-corrected chi connectivity index (χ1v) is 12.6. The zero-order valence-corrected chi connectivity index (χ0v) is 19.3. The number of piperidine rings is 1. The van der Waals surface area contributed by atoms with E-state index >= 15 is 0 Å². The first-order valence-electron chi connectivity index (χ1n) is 11.1. The molecular formula is C22H28N6O3S. The van der Waals surface area contributed by atoms with Crippen molar-refractivity contribution in [3.63, 3.8) is 0 Å². The lowest BCUT2D eigenvalue weighted by atomic mass is 9.90. The van der Waals surface area contributed by atoms with Gasteiger partial charge in [0, 0.05) is 45.6 Å². The number of amides is 1. The van der Waals surface area contributed by atoms with Crippen molar-refractivity contribution in [2.75, 3.05) is 26.2 Å². The second-order valence-electron chi connectivity index (χ2n) is 8.76. The number of aryl methyl sites for hydroxylation is 2. The third kappa shape index (κ3) is 3.61. The highest BCUT2D eigenvalue weighted by atomic mass is 32.2. The van der Waals surface area contributed by atoms with Crippen molar-refractivity contribution < 1.29 is 13.2 Å². The van der Waals surface area contributed by atoms with Gasteiger partial charge in [0.2, 0.25) is 0 Å². The highest BCUT2D eigenvalue weighted by molar-refractivity contribution is 7.89. The Morgan fingerprint density at radius 3 is 2.50 bits per heavy atom. The van der Waals surface area contributed by atoms with E-state index in [-0.39, 0.29) is 16.9 Å². The molecule has 0 atom stereocenters.